The molecule has 0 spiro atoms. The lowest BCUT2D eigenvalue weighted by Gasteiger charge is -2.51. The molecule has 3 aromatic rings. The number of carbonyl (C=O) groups is 1. The monoisotopic (exact) mass is 615 g/mol. The predicted octanol–water partition coefficient (Wildman–Crippen LogP) is 1.97. The smallest absolute Gasteiger partial charge is 0.259 e. The van der Waals surface area contributed by atoms with Crippen molar-refractivity contribution in [2.24, 2.45) is 0 Å². The molecule has 0 saturated heterocycles. The van der Waals surface area contributed by atoms with Crippen molar-refractivity contribution in [2.45, 2.75) is 36.2 Å². The van der Waals surface area contributed by atoms with Crippen LogP contribution in [0.2, 0.25) is 5.02 Å². The van der Waals surface area contributed by atoms with E-state index in [4.69, 9.17) is 39.7 Å². The van der Waals surface area contributed by atoms with Crippen LogP contribution in [0, 0.1) is 0 Å². The molecule has 14 heteroatoms. The van der Waals surface area contributed by atoms with Gasteiger partial charge in [-0.25, -0.2) is 0 Å². The largest absolute Gasteiger partial charge is 0.507 e. The van der Waals surface area contributed by atoms with Crippen molar-refractivity contribution in [1.82, 2.24) is 4.90 Å². The summed E-state index contributed by atoms with van der Waals surface area (Å²) >= 11 is 6.28. The highest BCUT2D eigenvalue weighted by Gasteiger charge is 2.62. The minimum absolute atomic E-state index is 0.00121. The van der Waals surface area contributed by atoms with Gasteiger partial charge in [-0.3, -0.25) is 9.59 Å². The Morgan fingerprint density at radius 1 is 1.12 bits per heavy atom. The fourth-order valence-corrected chi connectivity index (χ4v) is 7.11. The van der Waals surface area contributed by atoms with Crippen LogP contribution in [0.1, 0.15) is 56.7 Å². The molecule has 4 aliphatic rings. The molecule has 13 nitrogen and oxygen atoms in total. The van der Waals surface area contributed by atoms with E-state index in [1.54, 1.807) is 0 Å². The second-order valence-electron chi connectivity index (χ2n) is 10.7. The molecule has 1 amide bonds. The van der Waals surface area contributed by atoms with Gasteiger partial charge in [0.1, 0.15) is 30.2 Å². The maximum atomic E-state index is 14.0. The minimum Gasteiger partial charge on any atom is -0.507 e. The molecule has 0 bridgehead atoms. The topological polar surface area (TPSA) is 178 Å². The average Bonchev–Trinajstić information content (AvgIpc) is 2.99. The van der Waals surface area contributed by atoms with E-state index in [2.05, 4.69) is 0 Å². The van der Waals surface area contributed by atoms with E-state index >= 15 is 0 Å². The Hall–Kier alpha value is -3.69. The Bertz CT molecular complexity index is 1830. The van der Waals surface area contributed by atoms with Crippen molar-refractivity contribution in [2.75, 3.05) is 35.2 Å². The molecule has 3 unspecified atom stereocenters. The third-order valence-corrected chi connectivity index (χ3v) is 9.09. The lowest BCUT2D eigenvalue weighted by Crippen LogP contribution is -2.54. The maximum absolute atomic E-state index is 14.0. The second kappa shape index (κ2) is 9.40. The van der Waals surface area contributed by atoms with E-state index in [9.17, 15) is 30.0 Å². The SMILES string of the molecule is COc1c(Cl)ccc2c(=O)c3c(oc12)C1=C2[C@@H](OCO1)[C@@H](OC)c1cc4c(c(O)c1C2(O)C3O)C(=O)N(C)C(OC)[C@@H]4O. The molecule has 2 aromatic carbocycles. The zero-order valence-electron chi connectivity index (χ0n) is 23.2. The molecule has 7 rings (SSSR count). The third-order valence-electron chi connectivity index (χ3n) is 8.80. The first-order valence-corrected chi connectivity index (χ1v) is 13.5. The number of carbonyl (C=O) groups excluding carboxylic acids is 1. The molecule has 226 valence electrons. The number of aliphatic hydroxyl groups excluding tert-OH is 2. The minimum atomic E-state index is -2.57. The number of amides is 1. The van der Waals surface area contributed by atoms with Gasteiger partial charge >= 0.3 is 0 Å². The summed E-state index contributed by atoms with van der Waals surface area (Å²) in [5.41, 5.74) is -4.24. The summed E-state index contributed by atoms with van der Waals surface area (Å²) in [6, 6.07) is 4.23. The standard InChI is InChI=1S/C29H26ClNO12/c1-31-27(36)13-10(18(33)28(31)40-4)7-11-15(19(13)34)29(37)16-24(20(11)38-2)41-8-42-25(16)23-14(26(29)35)17(32)9-5-6-12(30)22(39-3)21(9)43-23/h5-7,18,20,24,26,28,33-35,37H,8H2,1-4H3/t18-,20+,24-,26?,28?,29?/m1/s1. The molecule has 6 atom stereocenters. The van der Waals surface area contributed by atoms with E-state index < -0.39 is 53.3 Å². The molecule has 1 aromatic heterocycles. The summed E-state index contributed by atoms with van der Waals surface area (Å²) in [6.07, 6.45) is -6.65. The first-order chi connectivity index (χ1) is 20.5. The quantitative estimate of drug-likeness (QED) is 0.337. The Kier molecular flexibility index (Phi) is 6.15. The summed E-state index contributed by atoms with van der Waals surface area (Å²) in [4.78, 5) is 28.5. The second-order valence-corrected chi connectivity index (χ2v) is 11.1. The molecule has 4 N–H and O–H groups in total. The van der Waals surface area contributed by atoms with Gasteiger partial charge in [-0.05, 0) is 23.8 Å². The van der Waals surface area contributed by atoms with Crippen LogP contribution in [0.4, 0.5) is 0 Å². The fraction of sp³-hybridized carbons (Fsp3) is 0.379. The summed E-state index contributed by atoms with van der Waals surface area (Å²) < 4.78 is 34.3. The van der Waals surface area contributed by atoms with Gasteiger partial charge in [0, 0.05) is 38.0 Å². The number of rotatable bonds is 3. The molecular weight excluding hydrogens is 590 g/mol. The van der Waals surface area contributed by atoms with E-state index in [-0.39, 0.29) is 73.4 Å². The molecule has 0 saturated carbocycles. The number of likely N-dealkylation sites (N-methyl/N-ethyl adjacent to an activating group) is 1. The summed E-state index contributed by atoms with van der Waals surface area (Å²) in [7, 11) is 5.43. The Balaban J connectivity index is 1.59. The van der Waals surface area contributed by atoms with Crippen LogP contribution in [-0.4, -0.2) is 78.7 Å². The van der Waals surface area contributed by atoms with E-state index in [1.807, 2.05) is 0 Å². The van der Waals surface area contributed by atoms with Gasteiger partial charge in [0.2, 0.25) is 0 Å². The van der Waals surface area contributed by atoms with Crippen molar-refractivity contribution in [1.29, 1.82) is 0 Å². The molecule has 43 heavy (non-hydrogen) atoms. The predicted molar refractivity (Wildman–Crippen MR) is 146 cm³/mol. The van der Waals surface area contributed by atoms with Crippen molar-refractivity contribution >= 4 is 34.2 Å². The van der Waals surface area contributed by atoms with Gasteiger partial charge < -0.3 is 53.4 Å². The number of phenolic OH excluding ortho intramolecular Hbond substituents is 1. The number of phenols is 1. The zero-order valence-corrected chi connectivity index (χ0v) is 24.0. The number of hydrogen-bond acceptors (Lipinski definition) is 12. The molecule has 3 heterocycles. The summed E-state index contributed by atoms with van der Waals surface area (Å²) in [6.45, 7) is -0.354. The third kappa shape index (κ3) is 3.32. The summed E-state index contributed by atoms with van der Waals surface area (Å²) in [5, 5.41) is 47.6. The van der Waals surface area contributed by atoms with Gasteiger partial charge in [0.25, 0.3) is 5.91 Å². The fourth-order valence-electron chi connectivity index (χ4n) is 6.88. The zero-order chi connectivity index (χ0) is 30.7. The number of ether oxygens (including phenoxy) is 5. The number of fused-ring (bicyclic) bond motifs is 6. The highest BCUT2D eigenvalue weighted by Crippen LogP contribution is 2.62. The Morgan fingerprint density at radius 2 is 1.86 bits per heavy atom. The van der Waals surface area contributed by atoms with Crippen LogP contribution in [0.3, 0.4) is 0 Å². The number of halogens is 1. The van der Waals surface area contributed by atoms with Crippen LogP contribution in [-0.2, 0) is 24.5 Å². The van der Waals surface area contributed by atoms with Gasteiger partial charge in [-0.15, -0.1) is 0 Å². The first kappa shape index (κ1) is 28.1. The van der Waals surface area contributed by atoms with Crippen LogP contribution >= 0.6 is 11.6 Å². The lowest BCUT2D eigenvalue weighted by molar-refractivity contribution is -0.158. The van der Waals surface area contributed by atoms with Gasteiger partial charge in [0.15, 0.2) is 46.9 Å². The Labute approximate surface area is 248 Å². The normalized spacial score (nSPS) is 29.1. The van der Waals surface area contributed by atoms with Crippen molar-refractivity contribution < 1.29 is 53.3 Å². The van der Waals surface area contributed by atoms with Crippen molar-refractivity contribution in [3.05, 3.63) is 72.6 Å². The molecule has 0 fully saturated rings. The van der Waals surface area contributed by atoms with Crippen LogP contribution in [0.15, 0.2) is 33.0 Å². The highest BCUT2D eigenvalue weighted by molar-refractivity contribution is 6.33. The van der Waals surface area contributed by atoms with Crippen molar-refractivity contribution in [3.63, 3.8) is 0 Å². The van der Waals surface area contributed by atoms with Crippen LogP contribution in [0.25, 0.3) is 16.7 Å². The number of aromatic hydroxyl groups is 1. The first-order valence-electron chi connectivity index (χ1n) is 13.2. The molecule has 2 aliphatic carbocycles. The van der Waals surface area contributed by atoms with Crippen LogP contribution < -0.4 is 10.2 Å². The maximum Gasteiger partial charge on any atom is 0.259 e. The van der Waals surface area contributed by atoms with Crippen LogP contribution in [0.5, 0.6) is 11.5 Å². The van der Waals surface area contributed by atoms with E-state index in [0.717, 1.165) is 4.90 Å². The number of methoxy groups -OCH3 is 3. The van der Waals surface area contributed by atoms with Gasteiger partial charge in [-0.2, -0.15) is 0 Å². The number of nitrogens with zero attached hydrogens (tertiary/aromatic N) is 1. The number of hydrogen-bond donors (Lipinski definition) is 4. The molecule has 2 aliphatic heterocycles. The number of benzene rings is 2. The van der Waals surface area contributed by atoms with Gasteiger partial charge in [-0.1, -0.05) is 11.6 Å². The number of aliphatic hydroxyl groups is 3. The van der Waals surface area contributed by atoms with Crippen molar-refractivity contribution in [3.8, 4) is 11.5 Å². The van der Waals surface area contributed by atoms with E-state index in [1.165, 1.54) is 46.6 Å². The van der Waals surface area contributed by atoms with Gasteiger partial charge in [0.05, 0.1) is 28.6 Å². The highest BCUT2D eigenvalue weighted by atomic mass is 35.5. The Morgan fingerprint density at radius 3 is 2.53 bits per heavy atom. The average molecular weight is 616 g/mol. The molecule has 0 radical (unpaired) electrons. The lowest BCUT2D eigenvalue weighted by atomic mass is 9.63. The molecular formula is C29H26ClNO12. The summed E-state index contributed by atoms with van der Waals surface area (Å²) in [5.74, 6) is -1.67. The van der Waals surface area contributed by atoms with E-state index in [0.29, 0.717) is 0 Å².